The summed E-state index contributed by atoms with van der Waals surface area (Å²) in [7, 11) is 0. The van der Waals surface area contributed by atoms with Crippen LogP contribution in [0, 0.1) is 0 Å². The molecule has 1 N–H and O–H groups in total. The third-order valence-electron chi connectivity index (χ3n) is 2.97. The molecule has 108 valence electrons. The van der Waals surface area contributed by atoms with E-state index in [1.54, 1.807) is 0 Å². The largest absolute Gasteiger partial charge is 0.481 e. The summed E-state index contributed by atoms with van der Waals surface area (Å²) in [5, 5.41) is 8.70. The van der Waals surface area contributed by atoms with Gasteiger partial charge in [0.1, 0.15) is 0 Å². The van der Waals surface area contributed by atoms with Crippen LogP contribution in [-0.4, -0.2) is 17.7 Å². The number of hydrogen-bond donors (Lipinski definition) is 1. The highest BCUT2D eigenvalue weighted by Crippen LogP contribution is 2.07. The smallest absolute Gasteiger partial charge is 0.307 e. The van der Waals surface area contributed by atoms with Crippen LogP contribution >= 0.6 is 0 Å². The molecule has 0 aliphatic rings. The summed E-state index contributed by atoms with van der Waals surface area (Å²) < 4.78 is 5.56. The molecule has 0 spiro atoms. The molecule has 2 aromatic rings. The molecule has 0 saturated heterocycles. The Hall–Kier alpha value is -2.39. The summed E-state index contributed by atoms with van der Waals surface area (Å²) in [6.07, 6.45) is 4.06. The lowest BCUT2D eigenvalue weighted by Crippen LogP contribution is -2.00. The number of carboxylic acids is 1. The first kappa shape index (κ1) is 15.0. The predicted molar refractivity (Wildman–Crippen MR) is 82.9 cm³/mol. The Morgan fingerprint density at radius 1 is 1.00 bits per heavy atom. The maximum absolute atomic E-state index is 10.6. The fourth-order valence-corrected chi connectivity index (χ4v) is 1.92. The Morgan fingerprint density at radius 2 is 1.67 bits per heavy atom. The first-order chi connectivity index (χ1) is 10.2. The van der Waals surface area contributed by atoms with E-state index in [1.807, 2.05) is 66.7 Å². The molecule has 0 amide bonds. The molecule has 0 unspecified atom stereocenters. The number of aliphatic carboxylic acids is 1. The van der Waals surface area contributed by atoms with Gasteiger partial charge >= 0.3 is 5.97 Å². The second-order valence-corrected chi connectivity index (χ2v) is 4.72. The molecule has 0 aromatic heterocycles. The van der Waals surface area contributed by atoms with Gasteiger partial charge in [0.25, 0.3) is 0 Å². The Morgan fingerprint density at radius 3 is 2.33 bits per heavy atom. The number of hydrogen-bond acceptors (Lipinski definition) is 2. The SMILES string of the molecule is O=C(O)Cc1ccc(COC/C=C/c2ccccc2)cc1. The van der Waals surface area contributed by atoms with Crippen LogP contribution in [0.5, 0.6) is 0 Å². The molecule has 21 heavy (non-hydrogen) atoms. The molecule has 0 bridgehead atoms. The summed E-state index contributed by atoms with van der Waals surface area (Å²) in [4.78, 5) is 10.6. The molecule has 0 aliphatic heterocycles. The number of carbonyl (C=O) groups is 1. The number of rotatable bonds is 7. The fourth-order valence-electron chi connectivity index (χ4n) is 1.92. The Kier molecular flexibility index (Phi) is 5.73. The van der Waals surface area contributed by atoms with Crippen LogP contribution in [0.3, 0.4) is 0 Å². The highest BCUT2D eigenvalue weighted by Gasteiger charge is 2.00. The maximum atomic E-state index is 10.6. The quantitative estimate of drug-likeness (QED) is 0.790. The lowest BCUT2D eigenvalue weighted by molar-refractivity contribution is -0.136. The molecule has 0 saturated carbocycles. The summed E-state index contributed by atoms with van der Waals surface area (Å²) >= 11 is 0. The van der Waals surface area contributed by atoms with Crippen molar-refractivity contribution in [3.8, 4) is 0 Å². The average molecular weight is 282 g/mol. The van der Waals surface area contributed by atoms with Crippen LogP contribution in [0.4, 0.5) is 0 Å². The highest BCUT2D eigenvalue weighted by molar-refractivity contribution is 5.70. The van der Waals surface area contributed by atoms with Gasteiger partial charge in [-0.2, -0.15) is 0 Å². The van der Waals surface area contributed by atoms with Gasteiger partial charge in [-0.3, -0.25) is 4.79 Å². The van der Waals surface area contributed by atoms with Crippen LogP contribution in [0.2, 0.25) is 0 Å². The van der Waals surface area contributed by atoms with E-state index in [0.29, 0.717) is 13.2 Å². The van der Waals surface area contributed by atoms with Gasteiger partial charge in [0.05, 0.1) is 19.6 Å². The van der Waals surface area contributed by atoms with E-state index in [4.69, 9.17) is 9.84 Å². The van der Waals surface area contributed by atoms with Crippen molar-refractivity contribution in [2.45, 2.75) is 13.0 Å². The van der Waals surface area contributed by atoms with E-state index in [9.17, 15) is 4.79 Å². The molecule has 0 atom stereocenters. The van der Waals surface area contributed by atoms with Crippen molar-refractivity contribution < 1.29 is 14.6 Å². The van der Waals surface area contributed by atoms with Gasteiger partial charge in [-0.15, -0.1) is 0 Å². The molecule has 3 heteroatoms. The van der Waals surface area contributed by atoms with Crippen molar-refractivity contribution in [3.05, 3.63) is 77.4 Å². The molecule has 0 aliphatic carbocycles. The molecular formula is C18H18O3. The number of ether oxygens (including phenoxy) is 1. The maximum Gasteiger partial charge on any atom is 0.307 e. The van der Waals surface area contributed by atoms with Crippen LogP contribution < -0.4 is 0 Å². The van der Waals surface area contributed by atoms with E-state index < -0.39 is 5.97 Å². The molecule has 2 aromatic carbocycles. The van der Waals surface area contributed by atoms with Gasteiger partial charge in [0.15, 0.2) is 0 Å². The van der Waals surface area contributed by atoms with Crippen molar-refractivity contribution in [1.29, 1.82) is 0 Å². The van der Waals surface area contributed by atoms with E-state index in [-0.39, 0.29) is 6.42 Å². The lowest BCUT2D eigenvalue weighted by Gasteiger charge is -2.03. The molecule has 0 heterocycles. The van der Waals surface area contributed by atoms with Crippen LogP contribution in [0.25, 0.3) is 6.08 Å². The van der Waals surface area contributed by atoms with Gasteiger partial charge < -0.3 is 9.84 Å². The normalized spacial score (nSPS) is 10.9. The minimum Gasteiger partial charge on any atom is -0.481 e. The predicted octanol–water partition coefficient (Wildman–Crippen LogP) is 3.54. The summed E-state index contributed by atoms with van der Waals surface area (Å²) in [5.74, 6) is -0.815. The van der Waals surface area contributed by atoms with Crippen LogP contribution in [0.1, 0.15) is 16.7 Å². The number of carboxylic acid groups (broad SMARTS) is 1. The van der Waals surface area contributed by atoms with Crippen molar-refractivity contribution in [1.82, 2.24) is 0 Å². The van der Waals surface area contributed by atoms with Crippen molar-refractivity contribution in [3.63, 3.8) is 0 Å². The monoisotopic (exact) mass is 282 g/mol. The van der Waals surface area contributed by atoms with E-state index in [0.717, 1.165) is 16.7 Å². The van der Waals surface area contributed by atoms with Gasteiger partial charge in [0.2, 0.25) is 0 Å². The fraction of sp³-hybridized carbons (Fsp3) is 0.167. The van der Waals surface area contributed by atoms with Crippen LogP contribution in [-0.2, 0) is 22.6 Å². The third kappa shape index (κ3) is 5.63. The third-order valence-corrected chi connectivity index (χ3v) is 2.97. The van der Waals surface area contributed by atoms with E-state index in [1.165, 1.54) is 0 Å². The summed E-state index contributed by atoms with van der Waals surface area (Å²) in [6.45, 7) is 1.07. The molecule has 3 nitrogen and oxygen atoms in total. The van der Waals surface area contributed by atoms with Gasteiger partial charge in [-0.25, -0.2) is 0 Å². The zero-order chi connectivity index (χ0) is 14.9. The highest BCUT2D eigenvalue weighted by atomic mass is 16.5. The van der Waals surface area contributed by atoms with Gasteiger partial charge in [-0.1, -0.05) is 66.7 Å². The van der Waals surface area contributed by atoms with Crippen molar-refractivity contribution in [2.24, 2.45) is 0 Å². The topological polar surface area (TPSA) is 46.5 Å². The first-order valence-corrected chi connectivity index (χ1v) is 6.83. The lowest BCUT2D eigenvalue weighted by atomic mass is 10.1. The zero-order valence-electron chi connectivity index (χ0n) is 11.7. The first-order valence-electron chi connectivity index (χ1n) is 6.83. The minimum absolute atomic E-state index is 0.0565. The second kappa shape index (κ2) is 8.02. The standard InChI is InChI=1S/C18H18O3/c19-18(20)13-16-8-10-17(11-9-16)14-21-12-4-7-15-5-2-1-3-6-15/h1-11H,12-14H2,(H,19,20)/b7-4+. The van der Waals surface area contributed by atoms with Crippen molar-refractivity contribution >= 4 is 12.0 Å². The Balaban J connectivity index is 1.73. The average Bonchev–Trinajstić information content (AvgIpc) is 2.49. The molecule has 0 radical (unpaired) electrons. The number of benzene rings is 2. The van der Waals surface area contributed by atoms with E-state index >= 15 is 0 Å². The zero-order valence-corrected chi connectivity index (χ0v) is 11.7. The van der Waals surface area contributed by atoms with Crippen molar-refractivity contribution in [2.75, 3.05) is 6.61 Å². The molecular weight excluding hydrogens is 264 g/mol. The summed E-state index contributed by atoms with van der Waals surface area (Å²) in [5.41, 5.74) is 2.99. The van der Waals surface area contributed by atoms with Crippen LogP contribution in [0.15, 0.2) is 60.7 Å². The van der Waals surface area contributed by atoms with Gasteiger partial charge in [0, 0.05) is 0 Å². The van der Waals surface area contributed by atoms with E-state index in [2.05, 4.69) is 0 Å². The van der Waals surface area contributed by atoms with Gasteiger partial charge in [-0.05, 0) is 16.7 Å². The Labute approximate surface area is 124 Å². The Bertz CT molecular complexity index is 586. The molecule has 2 rings (SSSR count). The minimum atomic E-state index is -0.815. The molecule has 0 fully saturated rings. The second-order valence-electron chi connectivity index (χ2n) is 4.72. The summed E-state index contributed by atoms with van der Waals surface area (Å²) in [6, 6.07) is 17.5.